The number of hydrogen-bond acceptors (Lipinski definition) is 4. The number of pyridine rings is 1. The summed E-state index contributed by atoms with van der Waals surface area (Å²) in [6, 6.07) is 5.68. The van der Waals surface area contributed by atoms with Crippen LogP contribution in [0.1, 0.15) is 32.0 Å². The van der Waals surface area contributed by atoms with E-state index in [1.165, 1.54) is 6.20 Å². The highest BCUT2D eigenvalue weighted by atomic mass is 79.9. The highest BCUT2D eigenvalue weighted by Gasteiger charge is 2.42. The van der Waals surface area contributed by atoms with Gasteiger partial charge in [-0.25, -0.2) is 13.3 Å². The molecule has 0 radical (unpaired) electrons. The number of alkyl halides is 3. The molecule has 29 heavy (non-hydrogen) atoms. The van der Waals surface area contributed by atoms with Crippen molar-refractivity contribution in [3.63, 3.8) is 0 Å². The number of carbonyl (C=O) groups excluding carboxylic acids is 1. The Kier molecular flexibility index (Phi) is 6.86. The second-order valence-corrected chi connectivity index (χ2v) is 9.76. The molecule has 1 N–H and O–H groups in total. The van der Waals surface area contributed by atoms with Crippen LogP contribution in [0.25, 0.3) is 0 Å². The van der Waals surface area contributed by atoms with Gasteiger partial charge in [0.1, 0.15) is 0 Å². The van der Waals surface area contributed by atoms with E-state index >= 15 is 0 Å². The smallest absolute Gasteiger partial charge is 0.403 e. The highest BCUT2D eigenvalue weighted by Crippen LogP contribution is 2.35. The number of aldehydes is 1. The number of nitrogens with one attached hydrogen (secondary N) is 1. The van der Waals surface area contributed by atoms with E-state index in [1.54, 1.807) is 32.9 Å². The third-order valence-electron chi connectivity index (χ3n) is 3.73. The molecule has 1 aromatic carbocycles. The molecule has 0 saturated heterocycles. The molecule has 0 aliphatic heterocycles. The van der Waals surface area contributed by atoms with Gasteiger partial charge in [0.25, 0.3) is 0 Å². The maximum absolute atomic E-state index is 14.4. The molecule has 0 bridgehead atoms. The summed E-state index contributed by atoms with van der Waals surface area (Å²) in [5.74, 6) is -2.40. The molecule has 1 heterocycles. The van der Waals surface area contributed by atoms with Crippen LogP contribution in [-0.2, 0) is 21.3 Å². The Morgan fingerprint density at radius 3 is 2.34 bits per heavy atom. The average Bonchev–Trinajstić information content (AvgIpc) is 2.60. The molecular formula is C18H17BrF4N2O3S. The van der Waals surface area contributed by atoms with Crippen LogP contribution >= 0.6 is 15.9 Å². The van der Waals surface area contributed by atoms with Crippen molar-refractivity contribution in [2.24, 2.45) is 0 Å². The van der Waals surface area contributed by atoms with Crippen LogP contribution in [0, 0.1) is 5.82 Å². The standard InChI is InChI=1S/C18H17BrF4N2O3S/c1-16(2,3)29(27)25-17(10-26,15-12(19)5-4-8-24-15)11-6-7-14(13(20)9-11)28-18(21,22)23/h4-10,25H,1-3H3/t17-,29-/m1/s1. The lowest BCUT2D eigenvalue weighted by Crippen LogP contribution is -2.50. The van der Waals surface area contributed by atoms with E-state index in [0.29, 0.717) is 16.8 Å². The molecule has 0 amide bonds. The predicted octanol–water partition coefficient (Wildman–Crippen LogP) is 4.38. The van der Waals surface area contributed by atoms with E-state index in [2.05, 4.69) is 30.4 Å². The molecule has 11 heteroatoms. The maximum Gasteiger partial charge on any atom is 0.573 e. The SMILES string of the molecule is CC(C)(C)[S@@](=O)N[C@](C=O)(c1ccc(OC(F)(F)F)c(F)c1)c1ncccc1Br. The largest absolute Gasteiger partial charge is 0.573 e. The number of aromatic nitrogens is 1. The first-order valence-electron chi connectivity index (χ1n) is 8.13. The third kappa shape index (κ3) is 5.40. The van der Waals surface area contributed by atoms with E-state index in [0.717, 1.165) is 12.1 Å². The molecule has 5 nitrogen and oxygen atoms in total. The second-order valence-electron chi connectivity index (χ2n) is 6.94. The van der Waals surface area contributed by atoms with Crippen LogP contribution in [0.4, 0.5) is 17.6 Å². The van der Waals surface area contributed by atoms with Crippen LogP contribution in [0.2, 0.25) is 0 Å². The summed E-state index contributed by atoms with van der Waals surface area (Å²) >= 11 is 3.26. The predicted molar refractivity (Wildman–Crippen MR) is 103 cm³/mol. The van der Waals surface area contributed by atoms with Crippen LogP contribution in [0.3, 0.4) is 0 Å². The first-order valence-corrected chi connectivity index (χ1v) is 10.1. The van der Waals surface area contributed by atoms with E-state index in [4.69, 9.17) is 0 Å². The van der Waals surface area contributed by atoms with Gasteiger partial charge in [0, 0.05) is 10.7 Å². The first-order chi connectivity index (χ1) is 13.3. The van der Waals surface area contributed by atoms with Gasteiger partial charge in [-0.05, 0) is 66.5 Å². The summed E-state index contributed by atoms with van der Waals surface area (Å²) in [6.45, 7) is 4.96. The minimum atomic E-state index is -5.08. The zero-order valence-electron chi connectivity index (χ0n) is 15.5. The van der Waals surface area contributed by atoms with Gasteiger partial charge < -0.3 is 9.53 Å². The Morgan fingerprint density at radius 1 is 1.21 bits per heavy atom. The van der Waals surface area contributed by atoms with Gasteiger partial charge in [-0.1, -0.05) is 6.07 Å². The van der Waals surface area contributed by atoms with E-state index < -0.39 is 39.2 Å². The Morgan fingerprint density at radius 2 is 1.86 bits per heavy atom. The van der Waals surface area contributed by atoms with Crippen molar-refractivity contribution in [3.8, 4) is 5.75 Å². The second kappa shape index (κ2) is 8.49. The quantitative estimate of drug-likeness (QED) is 0.476. The highest BCUT2D eigenvalue weighted by molar-refractivity contribution is 9.10. The summed E-state index contributed by atoms with van der Waals surface area (Å²) in [7, 11) is -1.82. The van der Waals surface area contributed by atoms with Crippen LogP contribution < -0.4 is 9.46 Å². The number of rotatable bonds is 6. The Bertz CT molecular complexity index is 934. The number of nitrogens with zero attached hydrogens (tertiary/aromatic N) is 1. The van der Waals surface area contributed by atoms with Gasteiger partial charge in [0.2, 0.25) is 0 Å². The molecule has 1 aromatic heterocycles. The zero-order chi connectivity index (χ0) is 22.0. The van der Waals surface area contributed by atoms with Crippen molar-refractivity contribution in [2.45, 2.75) is 37.4 Å². The Labute approximate surface area is 175 Å². The monoisotopic (exact) mass is 496 g/mol. The normalized spacial score (nSPS) is 15.4. The van der Waals surface area contributed by atoms with Gasteiger partial charge in [0.15, 0.2) is 23.4 Å². The molecule has 0 aliphatic carbocycles. The Balaban J connectivity index is 2.68. The fourth-order valence-electron chi connectivity index (χ4n) is 2.32. The lowest BCUT2D eigenvalue weighted by molar-refractivity contribution is -0.275. The molecule has 0 aliphatic rings. The molecule has 2 rings (SSSR count). The van der Waals surface area contributed by atoms with Gasteiger partial charge in [-0.3, -0.25) is 4.98 Å². The van der Waals surface area contributed by atoms with Crippen molar-refractivity contribution in [2.75, 3.05) is 0 Å². The summed E-state index contributed by atoms with van der Waals surface area (Å²) in [5, 5.41) is 0. The lowest BCUT2D eigenvalue weighted by Gasteiger charge is -2.32. The molecule has 0 spiro atoms. The van der Waals surface area contributed by atoms with Crippen molar-refractivity contribution < 1.29 is 31.3 Å². The molecular weight excluding hydrogens is 480 g/mol. The summed E-state index contributed by atoms with van der Waals surface area (Å²) in [5.41, 5.74) is -1.94. The molecule has 2 atom stereocenters. The van der Waals surface area contributed by atoms with E-state index in [9.17, 15) is 26.6 Å². The fourth-order valence-corrected chi connectivity index (χ4v) is 3.75. The van der Waals surface area contributed by atoms with Crippen molar-refractivity contribution in [3.05, 3.63) is 58.1 Å². The maximum atomic E-state index is 14.4. The number of benzene rings is 1. The summed E-state index contributed by atoms with van der Waals surface area (Å²) in [6.07, 6.45) is -3.33. The number of carbonyl (C=O) groups is 1. The zero-order valence-corrected chi connectivity index (χ0v) is 17.9. The average molecular weight is 497 g/mol. The third-order valence-corrected chi connectivity index (χ3v) is 5.99. The molecule has 0 unspecified atom stereocenters. The minimum Gasteiger partial charge on any atom is -0.403 e. The van der Waals surface area contributed by atoms with E-state index in [1.807, 2.05) is 0 Å². The fraction of sp³-hybridized carbons (Fsp3) is 0.333. The minimum absolute atomic E-state index is 0.0662. The van der Waals surface area contributed by atoms with Gasteiger partial charge in [-0.15, -0.1) is 13.2 Å². The topological polar surface area (TPSA) is 68.3 Å². The summed E-state index contributed by atoms with van der Waals surface area (Å²) in [4.78, 5) is 16.4. The van der Waals surface area contributed by atoms with Gasteiger partial charge >= 0.3 is 6.36 Å². The van der Waals surface area contributed by atoms with Crippen LogP contribution in [0.5, 0.6) is 5.75 Å². The van der Waals surface area contributed by atoms with Gasteiger partial charge in [0.05, 0.1) is 21.4 Å². The Hall–Kier alpha value is -1.85. The molecule has 2 aromatic rings. The molecule has 158 valence electrons. The lowest BCUT2D eigenvalue weighted by atomic mass is 9.88. The van der Waals surface area contributed by atoms with Gasteiger partial charge in [-0.2, -0.15) is 0 Å². The molecule has 0 fully saturated rings. The first kappa shape index (κ1) is 23.4. The summed E-state index contributed by atoms with van der Waals surface area (Å²) < 4.78 is 70.3. The number of ether oxygens (including phenoxy) is 1. The number of hydrogen-bond donors (Lipinski definition) is 1. The number of halogens is 5. The molecule has 0 saturated carbocycles. The van der Waals surface area contributed by atoms with Crippen LogP contribution in [-0.4, -0.2) is 26.6 Å². The van der Waals surface area contributed by atoms with Crippen molar-refractivity contribution in [1.82, 2.24) is 9.71 Å². The van der Waals surface area contributed by atoms with E-state index in [-0.39, 0.29) is 11.3 Å². The van der Waals surface area contributed by atoms with Crippen molar-refractivity contribution >= 4 is 33.2 Å². The van der Waals surface area contributed by atoms with Crippen molar-refractivity contribution in [1.29, 1.82) is 0 Å². The van der Waals surface area contributed by atoms with Crippen LogP contribution in [0.15, 0.2) is 41.0 Å².